The normalized spacial score (nSPS) is 12.3. The van der Waals surface area contributed by atoms with Crippen molar-refractivity contribution < 1.29 is 14.2 Å². The number of nitrogens with zero attached hydrogens (tertiary/aromatic N) is 1. The Kier molecular flexibility index (Phi) is 10.8. The molecular formula is C21H29FIN3O2. The predicted octanol–water partition coefficient (Wildman–Crippen LogP) is 4.02. The Bertz CT molecular complexity index is 739. The first-order chi connectivity index (χ1) is 13.0. The third kappa shape index (κ3) is 8.43. The van der Waals surface area contributed by atoms with Gasteiger partial charge in [-0.05, 0) is 56.2 Å². The number of benzene rings is 2. The lowest BCUT2D eigenvalue weighted by Crippen LogP contribution is -2.39. The Morgan fingerprint density at radius 1 is 1.14 bits per heavy atom. The highest BCUT2D eigenvalue weighted by atomic mass is 127. The summed E-state index contributed by atoms with van der Waals surface area (Å²) in [6, 6.07) is 13.8. The van der Waals surface area contributed by atoms with E-state index in [-0.39, 0.29) is 35.9 Å². The molecule has 0 heterocycles. The van der Waals surface area contributed by atoms with Crippen molar-refractivity contribution in [3.05, 3.63) is 65.5 Å². The van der Waals surface area contributed by atoms with Gasteiger partial charge in [0, 0.05) is 13.1 Å². The van der Waals surface area contributed by atoms with Crippen LogP contribution in [0.15, 0.2) is 53.5 Å². The molecule has 0 amide bonds. The van der Waals surface area contributed by atoms with E-state index in [9.17, 15) is 9.50 Å². The number of nitrogens with one attached hydrogen (secondary N) is 2. The van der Waals surface area contributed by atoms with Gasteiger partial charge in [-0.2, -0.15) is 0 Å². The molecule has 0 aliphatic rings. The number of rotatable bonds is 8. The minimum absolute atomic E-state index is 0. The van der Waals surface area contributed by atoms with E-state index in [2.05, 4.69) is 15.6 Å². The number of halogens is 2. The minimum Gasteiger partial charge on any atom is -0.491 e. The van der Waals surface area contributed by atoms with Crippen LogP contribution in [0.1, 0.15) is 38.0 Å². The molecule has 0 spiro atoms. The maximum absolute atomic E-state index is 13.3. The number of aliphatic hydroxyl groups excluding tert-OH is 1. The van der Waals surface area contributed by atoms with Crippen LogP contribution in [0.25, 0.3) is 0 Å². The van der Waals surface area contributed by atoms with Gasteiger partial charge >= 0.3 is 0 Å². The van der Waals surface area contributed by atoms with Crippen LogP contribution in [0.3, 0.4) is 0 Å². The van der Waals surface area contributed by atoms with Crippen molar-refractivity contribution in [2.45, 2.75) is 39.5 Å². The average molecular weight is 501 g/mol. The molecule has 1 unspecified atom stereocenters. The van der Waals surface area contributed by atoms with E-state index in [1.165, 1.54) is 12.1 Å². The number of hydrogen-bond acceptors (Lipinski definition) is 3. The Balaban J connectivity index is 0.00000392. The lowest BCUT2D eigenvalue weighted by atomic mass is 10.1. The molecule has 0 saturated carbocycles. The molecule has 0 saturated heterocycles. The number of hydrogen-bond donors (Lipinski definition) is 3. The summed E-state index contributed by atoms with van der Waals surface area (Å²) in [5.74, 6) is 1.07. The lowest BCUT2D eigenvalue weighted by molar-refractivity contribution is 0.180. The van der Waals surface area contributed by atoms with Gasteiger partial charge in [0.2, 0.25) is 0 Å². The second-order valence-corrected chi connectivity index (χ2v) is 6.46. The highest BCUT2D eigenvalue weighted by molar-refractivity contribution is 14.0. The van der Waals surface area contributed by atoms with Crippen LogP contribution < -0.4 is 15.4 Å². The topological polar surface area (TPSA) is 65.9 Å². The minimum atomic E-state index is -0.684. The maximum atomic E-state index is 13.3. The van der Waals surface area contributed by atoms with Crippen molar-refractivity contribution in [3.63, 3.8) is 0 Å². The van der Waals surface area contributed by atoms with Crippen molar-refractivity contribution in [3.8, 4) is 5.75 Å². The fourth-order valence-corrected chi connectivity index (χ4v) is 2.50. The van der Waals surface area contributed by atoms with Crippen LogP contribution in [0, 0.1) is 5.82 Å². The third-order valence-corrected chi connectivity index (χ3v) is 3.75. The zero-order chi connectivity index (χ0) is 19.6. The summed E-state index contributed by atoms with van der Waals surface area (Å²) in [6.07, 6.45) is -0.574. The molecule has 0 aliphatic heterocycles. The van der Waals surface area contributed by atoms with E-state index >= 15 is 0 Å². The van der Waals surface area contributed by atoms with Gasteiger partial charge in [-0.15, -0.1) is 24.0 Å². The number of aliphatic hydroxyl groups is 1. The van der Waals surface area contributed by atoms with E-state index in [1.54, 1.807) is 6.07 Å². The average Bonchev–Trinajstić information content (AvgIpc) is 2.64. The second kappa shape index (κ2) is 12.6. The zero-order valence-corrected chi connectivity index (χ0v) is 18.8. The van der Waals surface area contributed by atoms with Crippen LogP contribution in [0.4, 0.5) is 4.39 Å². The van der Waals surface area contributed by atoms with Crippen molar-refractivity contribution >= 4 is 29.9 Å². The largest absolute Gasteiger partial charge is 0.491 e. The Hall–Kier alpha value is -1.87. The van der Waals surface area contributed by atoms with Gasteiger partial charge in [-0.1, -0.05) is 24.3 Å². The molecule has 7 heteroatoms. The molecule has 0 bridgehead atoms. The lowest BCUT2D eigenvalue weighted by Gasteiger charge is -2.16. The van der Waals surface area contributed by atoms with E-state index in [4.69, 9.17) is 4.74 Å². The predicted molar refractivity (Wildman–Crippen MR) is 122 cm³/mol. The molecule has 1 atom stereocenters. The Morgan fingerprint density at radius 3 is 2.46 bits per heavy atom. The van der Waals surface area contributed by atoms with Gasteiger partial charge in [0.1, 0.15) is 11.6 Å². The summed E-state index contributed by atoms with van der Waals surface area (Å²) >= 11 is 0. The third-order valence-electron chi connectivity index (χ3n) is 3.75. The number of ether oxygens (including phenoxy) is 1. The zero-order valence-electron chi connectivity index (χ0n) is 16.5. The SMILES string of the molecule is CCNC(=NCc1cccc(F)c1)NCC(O)c1ccc(OC(C)C)cc1.I. The Labute approximate surface area is 183 Å². The number of guanidine groups is 1. The van der Waals surface area contributed by atoms with Gasteiger partial charge in [-0.25, -0.2) is 9.38 Å². The van der Waals surface area contributed by atoms with Crippen LogP contribution in [0.5, 0.6) is 5.75 Å². The second-order valence-electron chi connectivity index (χ2n) is 6.46. The first-order valence-corrected chi connectivity index (χ1v) is 9.19. The molecule has 154 valence electrons. The van der Waals surface area contributed by atoms with Crippen LogP contribution >= 0.6 is 24.0 Å². The maximum Gasteiger partial charge on any atom is 0.191 e. The van der Waals surface area contributed by atoms with Crippen molar-refractivity contribution in [2.24, 2.45) is 4.99 Å². The fraction of sp³-hybridized carbons (Fsp3) is 0.381. The Morgan fingerprint density at radius 2 is 1.86 bits per heavy atom. The molecule has 28 heavy (non-hydrogen) atoms. The molecule has 5 nitrogen and oxygen atoms in total. The molecule has 2 aromatic rings. The monoisotopic (exact) mass is 501 g/mol. The van der Waals surface area contributed by atoms with E-state index in [1.807, 2.05) is 51.1 Å². The standard InChI is InChI=1S/C21H28FN3O2.HI/c1-4-23-21(24-13-16-6-5-7-18(22)12-16)25-14-20(26)17-8-10-19(11-9-17)27-15(2)3;/h5-12,15,20,26H,4,13-14H2,1-3H3,(H2,23,24,25);1H. The van der Waals surface area contributed by atoms with Crippen molar-refractivity contribution in [1.29, 1.82) is 0 Å². The van der Waals surface area contributed by atoms with Gasteiger partial charge in [0.15, 0.2) is 5.96 Å². The van der Waals surface area contributed by atoms with Crippen molar-refractivity contribution in [2.75, 3.05) is 13.1 Å². The number of aliphatic imine (C=N–C) groups is 1. The van der Waals surface area contributed by atoms with Crippen LogP contribution in [-0.2, 0) is 6.54 Å². The first kappa shape index (κ1) is 24.2. The summed E-state index contributed by atoms with van der Waals surface area (Å²) in [6.45, 7) is 7.25. The molecule has 0 aromatic heterocycles. The first-order valence-electron chi connectivity index (χ1n) is 9.19. The van der Waals surface area contributed by atoms with E-state index in [0.717, 1.165) is 16.9 Å². The molecule has 0 radical (unpaired) electrons. The molecule has 2 aromatic carbocycles. The molecule has 0 fully saturated rings. The molecule has 0 aliphatic carbocycles. The van der Waals surface area contributed by atoms with Crippen LogP contribution in [0.2, 0.25) is 0 Å². The summed E-state index contributed by atoms with van der Waals surface area (Å²) in [5.41, 5.74) is 1.58. The highest BCUT2D eigenvalue weighted by Crippen LogP contribution is 2.18. The van der Waals surface area contributed by atoms with Gasteiger partial charge in [-0.3, -0.25) is 0 Å². The fourth-order valence-electron chi connectivity index (χ4n) is 2.50. The molecular weight excluding hydrogens is 472 g/mol. The van der Waals surface area contributed by atoms with Gasteiger partial charge < -0.3 is 20.5 Å². The smallest absolute Gasteiger partial charge is 0.191 e. The van der Waals surface area contributed by atoms with E-state index < -0.39 is 6.10 Å². The summed E-state index contributed by atoms with van der Waals surface area (Å²) in [4.78, 5) is 4.43. The molecule has 3 N–H and O–H groups in total. The summed E-state index contributed by atoms with van der Waals surface area (Å²) in [7, 11) is 0. The summed E-state index contributed by atoms with van der Waals surface area (Å²) in [5, 5.41) is 16.6. The molecule has 2 rings (SSSR count). The van der Waals surface area contributed by atoms with Gasteiger partial charge in [0.25, 0.3) is 0 Å². The van der Waals surface area contributed by atoms with Crippen molar-refractivity contribution in [1.82, 2.24) is 10.6 Å². The summed E-state index contributed by atoms with van der Waals surface area (Å²) < 4.78 is 18.9. The van der Waals surface area contributed by atoms with E-state index in [0.29, 0.717) is 25.6 Å². The quantitative estimate of drug-likeness (QED) is 0.291. The highest BCUT2D eigenvalue weighted by Gasteiger charge is 2.09. The van der Waals surface area contributed by atoms with Gasteiger partial charge in [0.05, 0.1) is 18.8 Å². The van der Waals surface area contributed by atoms with Crippen LogP contribution in [-0.4, -0.2) is 30.3 Å².